The molecule has 6 rings (SSSR count). The number of hydrogen-bond acceptors (Lipinski definition) is 0. The van der Waals surface area contributed by atoms with Crippen molar-refractivity contribution in [2.75, 3.05) is 0 Å². The molecule has 0 aliphatic heterocycles. The van der Waals surface area contributed by atoms with Gasteiger partial charge in [-0.05, 0) is 0 Å². The van der Waals surface area contributed by atoms with Crippen LogP contribution in [-0.2, 0) is 18.9 Å². The molecule has 0 bridgehead atoms. The van der Waals surface area contributed by atoms with Gasteiger partial charge in [0.25, 0.3) is 0 Å². The quantitative estimate of drug-likeness (QED) is 0.155. The van der Waals surface area contributed by atoms with Crippen molar-refractivity contribution < 1.29 is 18.9 Å². The van der Waals surface area contributed by atoms with Gasteiger partial charge in [-0.3, -0.25) is 0 Å². The van der Waals surface area contributed by atoms with Crippen molar-refractivity contribution in [3.63, 3.8) is 0 Å². The summed E-state index contributed by atoms with van der Waals surface area (Å²) in [6.07, 6.45) is 0. The molecule has 0 spiro atoms. The second-order valence-corrected chi connectivity index (χ2v) is 20.2. The van der Waals surface area contributed by atoms with Crippen molar-refractivity contribution in [2.45, 2.75) is 13.8 Å². The third-order valence-corrected chi connectivity index (χ3v) is 13.4. The van der Waals surface area contributed by atoms with Gasteiger partial charge < -0.3 is 0 Å². The Labute approximate surface area is 256 Å². The molecule has 0 saturated carbocycles. The molecule has 0 N–H and O–H groups in total. The molecule has 0 aromatic heterocycles. The van der Waals surface area contributed by atoms with Gasteiger partial charge in [-0.15, -0.1) is 69.1 Å². The average Bonchev–Trinajstić information content (AvgIpc) is 3.55. The normalized spacial score (nSPS) is 10.4. The van der Waals surface area contributed by atoms with E-state index in [0.29, 0.717) is 0 Å². The van der Waals surface area contributed by atoms with Crippen LogP contribution in [0.5, 0.6) is 0 Å². The van der Waals surface area contributed by atoms with E-state index in [1.54, 1.807) is 0 Å². The van der Waals surface area contributed by atoms with Gasteiger partial charge >= 0.3 is 53.0 Å². The van der Waals surface area contributed by atoms with E-state index in [2.05, 4.69) is 153 Å². The molecule has 5 heteroatoms. The van der Waals surface area contributed by atoms with E-state index >= 15 is 0 Å². The molecule has 0 saturated heterocycles. The van der Waals surface area contributed by atoms with Crippen LogP contribution < -0.4 is 0 Å². The third kappa shape index (κ3) is 8.20. The van der Waals surface area contributed by atoms with Crippen molar-refractivity contribution in [3.8, 4) is 22.3 Å². The molecule has 0 amide bonds. The summed E-state index contributed by atoms with van der Waals surface area (Å²) in [4.78, 5) is 0. The van der Waals surface area contributed by atoms with Crippen LogP contribution in [0.15, 0.2) is 130 Å². The monoisotopic (exact) mass is 740 g/mol. The Bertz CT molecular complexity index is 1460. The van der Waals surface area contributed by atoms with Crippen molar-refractivity contribution in [2.24, 2.45) is 0 Å². The Kier molecular flexibility index (Phi) is 10.9. The minimum absolute atomic E-state index is 1.12. The van der Waals surface area contributed by atoms with Crippen LogP contribution in [-0.4, -0.2) is 3.21 Å². The summed E-state index contributed by atoms with van der Waals surface area (Å²) in [5, 5.41) is 5.22. The zero-order valence-corrected chi connectivity index (χ0v) is 28.2. The van der Waals surface area contributed by atoms with Gasteiger partial charge in [0.05, 0.1) is 0 Å². The summed E-state index contributed by atoms with van der Waals surface area (Å²) < 4.78 is 3.47. The Hall–Kier alpha value is -1.61. The Balaban J connectivity index is 0.000000147. The Morgan fingerprint density at radius 1 is 0.579 bits per heavy atom. The van der Waals surface area contributed by atoms with Crippen molar-refractivity contribution in [1.82, 2.24) is 0 Å². The zero-order valence-electron chi connectivity index (χ0n) is 21.1. The fourth-order valence-electron chi connectivity index (χ4n) is 3.92. The molecular formula is C33H26Br2Cl2Zr-2. The fourth-order valence-corrected chi connectivity index (χ4v) is 4.45. The average molecular weight is 745 g/mol. The molecule has 0 atom stereocenters. The summed E-state index contributed by atoms with van der Waals surface area (Å²) in [7, 11) is 11.1. The Morgan fingerprint density at radius 2 is 0.921 bits per heavy atom. The summed E-state index contributed by atoms with van der Waals surface area (Å²) in [5.74, 6) is 0. The SMILES string of the molecule is Brc1ccc(-c2cc3ccccc3[cH-]2)cc1.Brc1ccc(-c2cc3ccccc3[cH-]2)cc1.C[C](C)=[Zr]([Cl])[Cl]. The van der Waals surface area contributed by atoms with Crippen molar-refractivity contribution in [3.05, 3.63) is 130 Å². The van der Waals surface area contributed by atoms with Crippen LogP contribution in [0.2, 0.25) is 0 Å². The first-order valence-electron chi connectivity index (χ1n) is 12.1. The van der Waals surface area contributed by atoms with Crippen LogP contribution in [0.4, 0.5) is 0 Å². The van der Waals surface area contributed by atoms with Crippen LogP contribution in [0.25, 0.3) is 43.8 Å². The molecule has 0 aliphatic rings. The summed E-state index contributed by atoms with van der Waals surface area (Å²) in [5.41, 5.74) is 5.10. The molecule has 0 aliphatic carbocycles. The minimum atomic E-state index is -1.84. The van der Waals surface area contributed by atoms with E-state index in [-0.39, 0.29) is 0 Å². The number of benzene rings is 4. The van der Waals surface area contributed by atoms with Gasteiger partial charge in [0.2, 0.25) is 0 Å². The second kappa shape index (κ2) is 14.2. The number of rotatable bonds is 2. The first-order valence-corrected chi connectivity index (χ1v) is 21.3. The van der Waals surface area contributed by atoms with E-state index in [9.17, 15) is 0 Å². The van der Waals surface area contributed by atoms with E-state index in [4.69, 9.17) is 17.0 Å². The van der Waals surface area contributed by atoms with E-state index in [0.717, 1.165) is 8.95 Å². The van der Waals surface area contributed by atoms with Gasteiger partial charge in [-0.2, -0.15) is 0 Å². The van der Waals surface area contributed by atoms with Crippen LogP contribution in [0.3, 0.4) is 0 Å². The molecule has 0 heterocycles. The summed E-state index contributed by atoms with van der Waals surface area (Å²) in [6.45, 7) is 3.96. The molecule has 0 nitrogen and oxygen atoms in total. The van der Waals surface area contributed by atoms with Crippen molar-refractivity contribution in [1.29, 1.82) is 0 Å². The molecule has 6 aromatic carbocycles. The standard InChI is InChI=1S/2C15H10Br.C3H6.2ClH.Zr/c2*16-15-7-5-11(6-8-15)14-9-12-3-1-2-4-13(12)10-14;1-3-2;;;/h2*1-10H;1-2H3;2*1H;/q2*-1;;;;+2/p-2. The fraction of sp³-hybridized carbons (Fsp3) is 0.0606. The summed E-state index contributed by atoms with van der Waals surface area (Å²) >= 11 is 5.07. The Morgan fingerprint density at radius 3 is 1.24 bits per heavy atom. The predicted octanol–water partition coefficient (Wildman–Crippen LogP) is 12.1. The molecule has 192 valence electrons. The summed E-state index contributed by atoms with van der Waals surface area (Å²) in [6, 6.07) is 42.7. The molecule has 0 fully saturated rings. The molecule has 0 radical (unpaired) electrons. The van der Waals surface area contributed by atoms with Crippen LogP contribution in [0.1, 0.15) is 13.8 Å². The molecule has 6 aromatic rings. The van der Waals surface area contributed by atoms with E-state index in [1.165, 1.54) is 47.0 Å². The van der Waals surface area contributed by atoms with Gasteiger partial charge in [-0.25, -0.2) is 0 Å². The number of hydrogen-bond donors (Lipinski definition) is 0. The molecule has 38 heavy (non-hydrogen) atoms. The maximum atomic E-state index is 5.54. The van der Waals surface area contributed by atoms with Gasteiger partial charge in [-0.1, -0.05) is 128 Å². The first-order chi connectivity index (χ1) is 18.3. The van der Waals surface area contributed by atoms with E-state index in [1.807, 2.05) is 13.8 Å². The van der Waals surface area contributed by atoms with E-state index < -0.39 is 18.9 Å². The second-order valence-electron chi connectivity index (χ2n) is 9.02. The first kappa shape index (κ1) is 29.4. The maximum absolute atomic E-state index is 5.54. The third-order valence-electron chi connectivity index (χ3n) is 5.97. The van der Waals surface area contributed by atoms with Gasteiger partial charge in [0, 0.05) is 8.95 Å². The zero-order chi connectivity index (χ0) is 27.1. The molecular weight excluding hydrogens is 718 g/mol. The number of halogens is 4. The molecule has 0 unspecified atom stereocenters. The van der Waals surface area contributed by atoms with Crippen LogP contribution >= 0.6 is 48.9 Å². The van der Waals surface area contributed by atoms with Crippen molar-refractivity contribution >= 4 is 73.6 Å². The van der Waals surface area contributed by atoms with Gasteiger partial charge in [0.15, 0.2) is 0 Å². The number of fused-ring (bicyclic) bond motifs is 2. The predicted molar refractivity (Wildman–Crippen MR) is 173 cm³/mol. The topological polar surface area (TPSA) is 0 Å². The van der Waals surface area contributed by atoms with Gasteiger partial charge in [0.1, 0.15) is 0 Å². The van der Waals surface area contributed by atoms with Crippen LogP contribution in [0, 0.1) is 0 Å².